The van der Waals surface area contributed by atoms with Gasteiger partial charge in [0.05, 0.1) is 55.1 Å². The highest BCUT2D eigenvalue weighted by atomic mass is 35.5. The summed E-state index contributed by atoms with van der Waals surface area (Å²) < 4.78 is 32.7. The van der Waals surface area contributed by atoms with E-state index in [2.05, 4.69) is 49.7 Å². The highest BCUT2D eigenvalue weighted by molar-refractivity contribution is 6.28. The van der Waals surface area contributed by atoms with Gasteiger partial charge in [0.25, 0.3) is 11.8 Å². The van der Waals surface area contributed by atoms with Crippen molar-refractivity contribution in [3.05, 3.63) is 89.2 Å². The number of benzene rings is 2. The normalized spacial score (nSPS) is 16.1. The number of ether oxygens (including phenoxy) is 6. The summed E-state index contributed by atoms with van der Waals surface area (Å²) >= 11 is 5.81. The number of rotatable bonds is 11. The Labute approximate surface area is 444 Å². The molecule has 404 valence electrons. The Morgan fingerprint density at radius 2 is 1.17 bits per heavy atom. The number of nitrogens with two attached hydrogens (primary N) is 2. The van der Waals surface area contributed by atoms with Crippen molar-refractivity contribution in [1.29, 1.82) is 0 Å². The van der Waals surface area contributed by atoms with Crippen molar-refractivity contribution in [2.24, 2.45) is 0 Å². The molecule has 8 heterocycles. The lowest BCUT2D eigenvalue weighted by Crippen LogP contribution is -2.49. The number of piperidine rings is 2. The van der Waals surface area contributed by atoms with Crippen LogP contribution in [0.1, 0.15) is 86.9 Å². The fourth-order valence-corrected chi connectivity index (χ4v) is 8.65. The number of halogens is 1. The van der Waals surface area contributed by atoms with Crippen molar-refractivity contribution in [2.45, 2.75) is 77.8 Å². The maximum Gasteiger partial charge on any atom is 0.251 e. The monoisotopic (exact) mass is 1050 g/mol. The number of fused-ring (bicyclic) bond motifs is 2. The molecule has 20 nitrogen and oxygen atoms in total. The maximum atomic E-state index is 12.0. The second-order valence-corrected chi connectivity index (χ2v) is 18.0. The van der Waals surface area contributed by atoms with Gasteiger partial charge in [-0.15, -0.1) is 0 Å². The van der Waals surface area contributed by atoms with Crippen LogP contribution in [-0.4, -0.2) is 146 Å². The van der Waals surface area contributed by atoms with Crippen LogP contribution in [0, 0.1) is 0 Å². The van der Waals surface area contributed by atoms with Gasteiger partial charge < -0.3 is 60.7 Å². The van der Waals surface area contributed by atoms with Crippen LogP contribution in [0.4, 0.5) is 17.6 Å². The van der Waals surface area contributed by atoms with Crippen molar-refractivity contribution >= 4 is 63.1 Å². The summed E-state index contributed by atoms with van der Waals surface area (Å²) in [5, 5.41) is 9.87. The molecule has 75 heavy (non-hydrogen) atoms. The molecule has 0 radical (unpaired) electrons. The Morgan fingerprint density at radius 1 is 0.667 bits per heavy atom. The van der Waals surface area contributed by atoms with E-state index in [1.165, 1.54) is 6.42 Å². The standard InChI is InChI=1S/C22H24N6O3.C15H12ClN5O.C7H13NO2.2C5H12O/c1-24-20(29)15-5-2-4-14(12-15)17-7-6-16-18(23)26-21(27-19(16)25-17)28-9-3-8-22(13-28)30-10-11-31-22;1-18-14(22)9-4-2-3-8(7-9)11-6-5-10-12(17)20-15(16)21-13(10)19-11;1-2-7(6-8-3-1)9-4-5-10-7;2*1-3-5-6-4-2/h2,4-7,12H,3,8-11,13H2,1H3,(H,24,29)(H2,23,25,26,27);2-7H,1H3,(H,18,22)(H2,17,19,20,21);8H,1-6H2;2*3-5H2,1-2H3. The Hall–Kier alpha value is -6.23. The lowest BCUT2D eigenvalue weighted by Gasteiger charge is -2.38. The fourth-order valence-electron chi connectivity index (χ4n) is 8.48. The van der Waals surface area contributed by atoms with Crippen LogP contribution in [-0.2, 0) is 28.4 Å². The smallest absolute Gasteiger partial charge is 0.251 e. The molecule has 0 atom stereocenters. The van der Waals surface area contributed by atoms with Gasteiger partial charge in [-0.2, -0.15) is 15.0 Å². The highest BCUT2D eigenvalue weighted by Crippen LogP contribution is 2.33. The van der Waals surface area contributed by atoms with Gasteiger partial charge in [-0.1, -0.05) is 38.1 Å². The largest absolute Gasteiger partial charge is 0.383 e. The molecule has 0 saturated carbocycles. The highest BCUT2D eigenvalue weighted by Gasteiger charge is 2.42. The van der Waals surface area contributed by atoms with E-state index in [9.17, 15) is 9.59 Å². The first-order chi connectivity index (χ1) is 36.4. The Balaban J connectivity index is 0.000000179. The second kappa shape index (κ2) is 29.2. The number of nitrogens with one attached hydrogen (secondary N) is 3. The second-order valence-electron chi connectivity index (χ2n) is 17.7. The van der Waals surface area contributed by atoms with Crippen molar-refractivity contribution < 1.29 is 38.0 Å². The minimum atomic E-state index is -0.582. The molecule has 21 heteroatoms. The first kappa shape index (κ1) is 58.0. The number of aromatic nitrogens is 6. The van der Waals surface area contributed by atoms with Crippen molar-refractivity contribution in [3.63, 3.8) is 0 Å². The number of amides is 2. The summed E-state index contributed by atoms with van der Waals surface area (Å²) in [5.74, 6) is 0.0642. The summed E-state index contributed by atoms with van der Waals surface area (Å²) in [7, 11) is 3.20. The number of carbonyl (C=O) groups is 2. The molecule has 10 rings (SSSR count). The lowest BCUT2D eigenvalue weighted by molar-refractivity contribution is -0.166. The molecule has 0 bridgehead atoms. The molecule has 7 N–H and O–H groups in total. The van der Waals surface area contributed by atoms with Crippen LogP contribution >= 0.6 is 11.6 Å². The van der Waals surface area contributed by atoms with E-state index < -0.39 is 5.79 Å². The molecule has 2 spiro atoms. The zero-order valence-corrected chi connectivity index (χ0v) is 44.8. The summed E-state index contributed by atoms with van der Waals surface area (Å²) in [4.78, 5) is 52.1. The van der Waals surface area contributed by atoms with Gasteiger partial charge in [-0.25, -0.2) is 15.0 Å². The average Bonchev–Trinajstić information content (AvgIpc) is 4.10. The van der Waals surface area contributed by atoms with E-state index >= 15 is 0 Å². The van der Waals surface area contributed by atoms with Crippen LogP contribution in [0.15, 0.2) is 72.8 Å². The number of pyridine rings is 2. The molecule has 6 aromatic rings. The first-order valence-corrected chi connectivity index (χ1v) is 26.1. The zero-order valence-electron chi connectivity index (χ0n) is 44.1. The third-order valence-corrected chi connectivity index (χ3v) is 12.3. The van der Waals surface area contributed by atoms with Gasteiger partial charge >= 0.3 is 0 Å². The van der Waals surface area contributed by atoms with E-state index in [1.807, 2.05) is 55.1 Å². The summed E-state index contributed by atoms with van der Waals surface area (Å²) in [6.45, 7) is 17.8. The lowest BCUT2D eigenvalue weighted by atomic mass is 10.1. The molecular formula is C54H73ClN12O8. The summed E-state index contributed by atoms with van der Waals surface area (Å²) in [6.07, 6.45) is 6.26. The van der Waals surface area contributed by atoms with Gasteiger partial charge in [0.2, 0.25) is 11.2 Å². The van der Waals surface area contributed by atoms with Crippen molar-refractivity contribution in [1.82, 2.24) is 45.9 Å². The number of anilines is 3. The molecule has 4 aromatic heterocycles. The van der Waals surface area contributed by atoms with E-state index in [1.54, 1.807) is 50.5 Å². The van der Waals surface area contributed by atoms with Gasteiger partial charge in [0, 0.05) is 88.7 Å². The van der Waals surface area contributed by atoms with Crippen molar-refractivity contribution in [3.8, 4) is 22.5 Å². The van der Waals surface area contributed by atoms with Gasteiger partial charge in [0.15, 0.2) is 22.9 Å². The molecule has 4 fully saturated rings. The Bertz CT molecular complexity index is 2750. The minimum Gasteiger partial charge on any atom is -0.383 e. The molecule has 4 aliphatic heterocycles. The minimum absolute atomic E-state index is 0.0498. The predicted octanol–water partition coefficient (Wildman–Crippen LogP) is 7.24. The summed E-state index contributed by atoms with van der Waals surface area (Å²) in [5.41, 5.74) is 17.1. The fraction of sp³-hybridized carbons (Fsp3) is 0.481. The van der Waals surface area contributed by atoms with Crippen LogP contribution in [0.3, 0.4) is 0 Å². The quantitative estimate of drug-likeness (QED) is 0.0633. The van der Waals surface area contributed by atoms with Crippen LogP contribution in [0.25, 0.3) is 44.6 Å². The van der Waals surface area contributed by atoms with Crippen LogP contribution in [0.2, 0.25) is 5.28 Å². The molecule has 2 aromatic carbocycles. The van der Waals surface area contributed by atoms with Crippen LogP contribution < -0.4 is 32.3 Å². The van der Waals surface area contributed by atoms with Crippen molar-refractivity contribution in [2.75, 3.05) is 109 Å². The van der Waals surface area contributed by atoms with E-state index in [0.717, 1.165) is 103 Å². The van der Waals surface area contributed by atoms with E-state index in [-0.39, 0.29) is 28.7 Å². The van der Waals surface area contributed by atoms with E-state index in [0.29, 0.717) is 76.1 Å². The van der Waals surface area contributed by atoms with E-state index in [4.69, 9.17) is 61.5 Å². The molecule has 4 saturated heterocycles. The topological polar surface area (TPSA) is 258 Å². The van der Waals surface area contributed by atoms with Gasteiger partial charge in [-0.05, 0) is 106 Å². The SMILES string of the molecule is C1CNCC2(C1)OCCO2.CCCOCC.CCCOCC.CNC(=O)c1cccc(-c2ccc3c(N)nc(Cl)nc3n2)c1.CNC(=O)c1cccc(-c2ccc3c(N)nc(N4CCCC5(C4)OCCO5)nc3n2)c1. The number of hydrogen-bond donors (Lipinski definition) is 5. The zero-order chi connectivity index (χ0) is 53.6. The van der Waals surface area contributed by atoms with Gasteiger partial charge in [0.1, 0.15) is 11.6 Å². The molecule has 2 amide bonds. The number of nitrogens with zero attached hydrogens (tertiary/aromatic N) is 7. The third kappa shape index (κ3) is 16.4. The molecule has 0 unspecified atom stereocenters. The third-order valence-electron chi connectivity index (χ3n) is 12.2. The maximum absolute atomic E-state index is 12.0. The number of hydrogen-bond acceptors (Lipinski definition) is 18. The average molecular weight is 1050 g/mol. The number of nitrogen functional groups attached to an aromatic ring is 2. The predicted molar refractivity (Wildman–Crippen MR) is 293 cm³/mol. The number of carbonyl (C=O) groups excluding carboxylic acids is 2. The Morgan fingerprint density at radius 3 is 1.65 bits per heavy atom. The molecule has 4 aliphatic rings. The van der Waals surface area contributed by atoms with Crippen LogP contribution in [0.5, 0.6) is 0 Å². The Kier molecular flexibility index (Phi) is 22.6. The van der Waals surface area contributed by atoms with Gasteiger partial charge in [-0.3, -0.25) is 9.59 Å². The molecule has 0 aliphatic carbocycles. The molecular weight excluding hydrogens is 980 g/mol. The summed E-state index contributed by atoms with van der Waals surface area (Å²) in [6, 6.07) is 21.8. The first-order valence-electron chi connectivity index (χ1n) is 25.8.